The second-order valence-electron chi connectivity index (χ2n) is 4.41. The summed E-state index contributed by atoms with van der Waals surface area (Å²) in [6, 6.07) is 20.2. The number of hydrogen-bond donors (Lipinski definition) is 0. The zero-order valence-corrected chi connectivity index (χ0v) is 12.7. The van der Waals surface area contributed by atoms with E-state index >= 15 is 0 Å². The van der Waals surface area contributed by atoms with E-state index in [9.17, 15) is 3.10 Å². The summed E-state index contributed by atoms with van der Waals surface area (Å²) >= 11 is -2.59. The Bertz CT molecular complexity index is 641. The van der Waals surface area contributed by atoms with Crippen LogP contribution < -0.4 is 0 Å². The fraction of sp³-hybridized carbons (Fsp3) is 0.0588. The van der Waals surface area contributed by atoms with Gasteiger partial charge >= 0.3 is 120 Å². The zero-order valence-electron chi connectivity index (χ0n) is 10.4. The van der Waals surface area contributed by atoms with Crippen LogP contribution in [0, 0.1) is 0 Å². The van der Waals surface area contributed by atoms with E-state index in [1.807, 2.05) is 60.7 Å². The maximum absolute atomic E-state index is 12.9. The number of benzene rings is 2. The predicted molar refractivity (Wildman–Crippen MR) is 79.2 cm³/mol. The van der Waals surface area contributed by atoms with Gasteiger partial charge in [-0.2, -0.15) is 0 Å². The summed E-state index contributed by atoms with van der Waals surface area (Å²) in [7, 11) is 0. The van der Waals surface area contributed by atoms with Crippen molar-refractivity contribution in [3.05, 3.63) is 90.0 Å². The standard InChI is InChI=1S/C17H14OTe/c18-19-16(14-8-3-1-4-9-14)12-7-13-17(19)15-10-5-2-6-11-15/h1-13,16H. The first-order valence-electron chi connectivity index (χ1n) is 6.26. The van der Waals surface area contributed by atoms with Gasteiger partial charge in [-0.3, -0.25) is 0 Å². The summed E-state index contributed by atoms with van der Waals surface area (Å²) in [5, 5.41) is 0. The molecular weight excluding hydrogens is 348 g/mol. The monoisotopic (exact) mass is 364 g/mol. The van der Waals surface area contributed by atoms with E-state index in [1.165, 1.54) is 0 Å². The van der Waals surface area contributed by atoms with Crippen molar-refractivity contribution in [1.82, 2.24) is 0 Å². The van der Waals surface area contributed by atoms with Crippen molar-refractivity contribution in [3.8, 4) is 0 Å². The molecule has 2 aromatic carbocycles. The maximum atomic E-state index is 12.9. The van der Waals surface area contributed by atoms with E-state index in [-0.39, 0.29) is 3.97 Å². The summed E-state index contributed by atoms with van der Waals surface area (Å²) in [4.78, 5) is 0. The van der Waals surface area contributed by atoms with Crippen molar-refractivity contribution in [2.75, 3.05) is 0 Å². The van der Waals surface area contributed by atoms with Gasteiger partial charge < -0.3 is 0 Å². The summed E-state index contributed by atoms with van der Waals surface area (Å²) < 4.78 is 14.0. The molecule has 0 saturated heterocycles. The van der Waals surface area contributed by atoms with Crippen molar-refractivity contribution in [1.29, 1.82) is 0 Å². The third-order valence-electron chi connectivity index (χ3n) is 3.17. The van der Waals surface area contributed by atoms with E-state index in [0.29, 0.717) is 0 Å². The van der Waals surface area contributed by atoms with Gasteiger partial charge in [0.2, 0.25) is 0 Å². The Morgan fingerprint density at radius 2 is 1.47 bits per heavy atom. The molecular formula is C17H14OTe. The van der Waals surface area contributed by atoms with Gasteiger partial charge in [-0.15, -0.1) is 0 Å². The summed E-state index contributed by atoms with van der Waals surface area (Å²) in [5.41, 5.74) is 2.26. The molecule has 1 atom stereocenters. The molecule has 0 saturated carbocycles. The van der Waals surface area contributed by atoms with E-state index < -0.39 is 19.5 Å². The molecule has 1 aliphatic rings. The minimum absolute atomic E-state index is 0.0880. The number of allylic oxidation sites excluding steroid dienone is 3. The fourth-order valence-corrected chi connectivity index (χ4v) is 6.47. The van der Waals surface area contributed by atoms with Gasteiger partial charge in [0.25, 0.3) is 0 Å². The van der Waals surface area contributed by atoms with Gasteiger partial charge in [-0.05, 0) is 0 Å². The molecule has 3 rings (SSSR count). The molecule has 1 aliphatic heterocycles. The van der Waals surface area contributed by atoms with Gasteiger partial charge in [0, 0.05) is 0 Å². The summed E-state index contributed by atoms with van der Waals surface area (Å²) in [6.07, 6.45) is 6.12. The molecule has 0 aromatic heterocycles. The average Bonchev–Trinajstić information content (AvgIpc) is 2.49. The average molecular weight is 362 g/mol. The van der Waals surface area contributed by atoms with Crippen molar-refractivity contribution in [2.24, 2.45) is 0 Å². The van der Waals surface area contributed by atoms with E-state index in [4.69, 9.17) is 0 Å². The predicted octanol–water partition coefficient (Wildman–Crippen LogP) is 3.92. The van der Waals surface area contributed by atoms with Crippen LogP contribution in [0.4, 0.5) is 0 Å². The normalized spacial score (nSPS) is 19.2. The van der Waals surface area contributed by atoms with E-state index in [1.54, 1.807) is 0 Å². The molecule has 1 heterocycles. The van der Waals surface area contributed by atoms with Crippen LogP contribution in [0.2, 0.25) is 0 Å². The molecule has 0 fully saturated rings. The number of rotatable bonds is 2. The fourth-order valence-electron chi connectivity index (χ4n) is 2.21. The molecule has 19 heavy (non-hydrogen) atoms. The van der Waals surface area contributed by atoms with Crippen LogP contribution in [-0.2, 0) is 3.10 Å². The van der Waals surface area contributed by atoms with Gasteiger partial charge in [0.1, 0.15) is 0 Å². The Balaban J connectivity index is 1.97. The number of hydrogen-bond acceptors (Lipinski definition) is 1. The molecule has 2 aromatic rings. The molecule has 94 valence electrons. The molecule has 0 radical (unpaired) electrons. The SMILES string of the molecule is O=[Te]1C(c2ccccc2)=CC=CC1c1ccccc1. The first-order chi connectivity index (χ1) is 9.36. The van der Waals surface area contributed by atoms with Gasteiger partial charge in [-0.1, -0.05) is 0 Å². The quantitative estimate of drug-likeness (QED) is 0.741. The van der Waals surface area contributed by atoms with Crippen molar-refractivity contribution in [2.45, 2.75) is 3.97 Å². The van der Waals surface area contributed by atoms with Crippen molar-refractivity contribution in [3.63, 3.8) is 0 Å². The van der Waals surface area contributed by atoms with E-state index in [2.05, 4.69) is 18.2 Å². The molecule has 0 aliphatic carbocycles. The van der Waals surface area contributed by atoms with Crippen LogP contribution in [0.25, 0.3) is 3.62 Å². The van der Waals surface area contributed by atoms with E-state index in [0.717, 1.165) is 14.7 Å². The third-order valence-corrected chi connectivity index (χ3v) is 8.01. The van der Waals surface area contributed by atoms with Gasteiger partial charge in [-0.25, -0.2) is 0 Å². The van der Waals surface area contributed by atoms with Crippen molar-refractivity contribution >= 4 is 23.2 Å². The third kappa shape index (κ3) is 2.61. The van der Waals surface area contributed by atoms with Gasteiger partial charge in [0.15, 0.2) is 0 Å². The molecule has 1 nitrogen and oxygen atoms in total. The summed E-state index contributed by atoms with van der Waals surface area (Å²) in [5.74, 6) is 0. The molecule has 0 bridgehead atoms. The molecule has 0 spiro atoms. The minimum atomic E-state index is -2.59. The Morgan fingerprint density at radius 1 is 0.842 bits per heavy atom. The van der Waals surface area contributed by atoms with Crippen LogP contribution in [-0.4, -0.2) is 19.5 Å². The summed E-state index contributed by atoms with van der Waals surface area (Å²) in [6.45, 7) is 0. The Hall–Kier alpha value is -1.49. The second kappa shape index (κ2) is 5.65. The molecule has 0 N–H and O–H groups in total. The molecule has 2 heteroatoms. The Kier molecular flexibility index (Phi) is 3.73. The zero-order chi connectivity index (χ0) is 13.1. The topological polar surface area (TPSA) is 17.1 Å². The molecule has 1 unspecified atom stereocenters. The van der Waals surface area contributed by atoms with Crippen LogP contribution in [0.1, 0.15) is 15.1 Å². The first kappa shape index (κ1) is 12.5. The van der Waals surface area contributed by atoms with Gasteiger partial charge in [0.05, 0.1) is 0 Å². The Labute approximate surface area is 120 Å². The Morgan fingerprint density at radius 3 is 2.16 bits per heavy atom. The molecule has 0 amide bonds. The van der Waals surface area contributed by atoms with Crippen LogP contribution in [0.15, 0.2) is 78.9 Å². The van der Waals surface area contributed by atoms with Crippen LogP contribution >= 0.6 is 0 Å². The van der Waals surface area contributed by atoms with Crippen molar-refractivity contribution < 1.29 is 3.10 Å². The van der Waals surface area contributed by atoms with Crippen LogP contribution in [0.5, 0.6) is 0 Å². The first-order valence-corrected chi connectivity index (χ1v) is 9.72. The second-order valence-corrected chi connectivity index (χ2v) is 8.81. The van der Waals surface area contributed by atoms with Crippen LogP contribution in [0.3, 0.4) is 0 Å².